The molecule has 0 fully saturated rings. The molecule has 1 unspecified atom stereocenters. The molecule has 0 saturated heterocycles. The maximum Gasteiger partial charge on any atom is 0.356 e. The Hall–Kier alpha value is -1.07. The van der Waals surface area contributed by atoms with Gasteiger partial charge in [-0.05, 0) is 19.9 Å². The number of hydrogen-bond donors (Lipinski definition) is 1. The van der Waals surface area contributed by atoms with Crippen molar-refractivity contribution in [3.05, 3.63) is 11.8 Å². The fourth-order valence-electron chi connectivity index (χ4n) is 1.03. The van der Waals surface area contributed by atoms with Crippen LogP contribution in [0.1, 0.15) is 13.8 Å². The quantitative estimate of drug-likeness (QED) is 0.651. The van der Waals surface area contributed by atoms with Crippen molar-refractivity contribution in [2.75, 3.05) is 19.8 Å². The van der Waals surface area contributed by atoms with Gasteiger partial charge in [0.15, 0.2) is 0 Å². The molecule has 0 saturated carbocycles. The third kappa shape index (κ3) is 3.01. The molecule has 0 amide bonds. The molecule has 0 radical (unpaired) electrons. The predicted octanol–water partition coefficient (Wildman–Crippen LogP) is 0.373. The van der Waals surface area contributed by atoms with Gasteiger partial charge in [-0.25, -0.2) is 4.79 Å². The van der Waals surface area contributed by atoms with Crippen LogP contribution in [-0.4, -0.2) is 31.9 Å². The Morgan fingerprint density at radius 1 is 1.57 bits per heavy atom. The number of esters is 1. The minimum absolute atomic E-state index is 0.214. The van der Waals surface area contributed by atoms with Gasteiger partial charge in [-0.15, -0.1) is 0 Å². The van der Waals surface area contributed by atoms with Crippen LogP contribution >= 0.6 is 0 Å². The standard InChI is InChI=1S/C9H15NO4/c1-3-12-6-7-5-8(10-14-7)9(11)13-4-2/h5,7,10H,3-4,6H2,1-2H3. The van der Waals surface area contributed by atoms with E-state index in [1.807, 2.05) is 6.92 Å². The van der Waals surface area contributed by atoms with Gasteiger partial charge in [0.05, 0.1) is 13.2 Å². The number of carbonyl (C=O) groups excluding carboxylic acids is 1. The van der Waals surface area contributed by atoms with Crippen LogP contribution in [0, 0.1) is 0 Å². The molecule has 0 aromatic carbocycles. The van der Waals surface area contributed by atoms with E-state index in [-0.39, 0.29) is 6.10 Å². The van der Waals surface area contributed by atoms with Gasteiger partial charge in [0, 0.05) is 6.61 Å². The molecule has 0 aromatic rings. The lowest BCUT2D eigenvalue weighted by Crippen LogP contribution is -2.20. The smallest absolute Gasteiger partial charge is 0.356 e. The molecule has 0 aromatic heterocycles. The van der Waals surface area contributed by atoms with Crippen LogP contribution in [-0.2, 0) is 19.1 Å². The summed E-state index contributed by atoms with van der Waals surface area (Å²) < 4.78 is 9.93. The van der Waals surface area contributed by atoms with Gasteiger partial charge in [0.1, 0.15) is 11.8 Å². The third-order valence-corrected chi connectivity index (χ3v) is 1.65. The number of rotatable bonds is 5. The zero-order valence-corrected chi connectivity index (χ0v) is 8.41. The number of hydrogen-bond acceptors (Lipinski definition) is 5. The van der Waals surface area contributed by atoms with Gasteiger partial charge in [-0.2, -0.15) is 0 Å². The van der Waals surface area contributed by atoms with E-state index in [1.165, 1.54) is 0 Å². The molecule has 5 heteroatoms. The zero-order chi connectivity index (χ0) is 10.4. The Morgan fingerprint density at radius 2 is 2.36 bits per heavy atom. The summed E-state index contributed by atoms with van der Waals surface area (Å²) in [4.78, 5) is 16.3. The molecule has 0 aliphatic carbocycles. The number of ether oxygens (including phenoxy) is 2. The van der Waals surface area contributed by atoms with Crippen LogP contribution in [0.2, 0.25) is 0 Å². The molecule has 1 rings (SSSR count). The number of carbonyl (C=O) groups is 1. The van der Waals surface area contributed by atoms with Crippen LogP contribution in [0.25, 0.3) is 0 Å². The number of hydroxylamine groups is 1. The van der Waals surface area contributed by atoms with Crippen molar-refractivity contribution in [3.8, 4) is 0 Å². The molecule has 1 aliphatic rings. The van der Waals surface area contributed by atoms with E-state index in [0.29, 0.717) is 25.5 Å². The van der Waals surface area contributed by atoms with Crippen LogP contribution in [0.4, 0.5) is 0 Å². The molecule has 0 spiro atoms. The summed E-state index contributed by atoms with van der Waals surface area (Å²) in [7, 11) is 0. The Kier molecular flexibility index (Phi) is 4.42. The zero-order valence-electron chi connectivity index (χ0n) is 8.41. The lowest BCUT2D eigenvalue weighted by atomic mass is 10.3. The maximum absolute atomic E-state index is 11.2. The summed E-state index contributed by atoms with van der Waals surface area (Å²) in [6.07, 6.45) is 1.45. The van der Waals surface area contributed by atoms with Crippen LogP contribution in [0.15, 0.2) is 11.8 Å². The number of nitrogens with one attached hydrogen (secondary N) is 1. The summed E-state index contributed by atoms with van der Waals surface area (Å²) in [6, 6.07) is 0. The van der Waals surface area contributed by atoms with E-state index in [4.69, 9.17) is 14.3 Å². The lowest BCUT2D eigenvalue weighted by Gasteiger charge is -2.06. The summed E-state index contributed by atoms with van der Waals surface area (Å²) in [5.74, 6) is -0.397. The Labute approximate surface area is 83.0 Å². The molecular formula is C9H15NO4. The molecule has 1 heterocycles. The van der Waals surface area contributed by atoms with Crippen molar-refractivity contribution >= 4 is 5.97 Å². The molecular weight excluding hydrogens is 186 g/mol. The van der Waals surface area contributed by atoms with Crippen molar-refractivity contribution in [1.82, 2.24) is 5.48 Å². The molecule has 5 nitrogen and oxygen atoms in total. The highest BCUT2D eigenvalue weighted by molar-refractivity contribution is 5.87. The predicted molar refractivity (Wildman–Crippen MR) is 49.2 cm³/mol. The van der Waals surface area contributed by atoms with Crippen LogP contribution in [0.3, 0.4) is 0 Å². The highest BCUT2D eigenvalue weighted by Gasteiger charge is 2.21. The van der Waals surface area contributed by atoms with E-state index < -0.39 is 5.97 Å². The highest BCUT2D eigenvalue weighted by Crippen LogP contribution is 2.08. The average molecular weight is 201 g/mol. The summed E-state index contributed by atoms with van der Waals surface area (Å²) in [5.41, 5.74) is 2.85. The van der Waals surface area contributed by atoms with Crippen molar-refractivity contribution in [2.24, 2.45) is 0 Å². The van der Waals surface area contributed by atoms with Gasteiger partial charge in [0.2, 0.25) is 0 Å². The van der Waals surface area contributed by atoms with Gasteiger partial charge < -0.3 is 9.47 Å². The van der Waals surface area contributed by atoms with Crippen molar-refractivity contribution in [2.45, 2.75) is 20.0 Å². The second-order valence-corrected chi connectivity index (χ2v) is 2.72. The van der Waals surface area contributed by atoms with Crippen LogP contribution < -0.4 is 5.48 Å². The first kappa shape index (κ1) is 11.0. The molecule has 1 aliphatic heterocycles. The largest absolute Gasteiger partial charge is 0.461 e. The van der Waals surface area contributed by atoms with E-state index in [0.717, 1.165) is 0 Å². The fraction of sp³-hybridized carbons (Fsp3) is 0.667. The van der Waals surface area contributed by atoms with Gasteiger partial charge in [-0.1, -0.05) is 0 Å². The SMILES string of the molecule is CCOCC1C=C(C(=O)OCC)NO1. The van der Waals surface area contributed by atoms with Crippen molar-refractivity contribution < 1.29 is 19.1 Å². The summed E-state index contributed by atoms with van der Waals surface area (Å²) in [6.45, 7) is 5.08. The van der Waals surface area contributed by atoms with E-state index >= 15 is 0 Å². The maximum atomic E-state index is 11.2. The molecule has 80 valence electrons. The highest BCUT2D eigenvalue weighted by atomic mass is 16.7. The monoisotopic (exact) mass is 201 g/mol. The Bertz CT molecular complexity index is 227. The normalized spacial score (nSPS) is 20.1. The minimum atomic E-state index is -0.397. The molecule has 14 heavy (non-hydrogen) atoms. The fourth-order valence-corrected chi connectivity index (χ4v) is 1.03. The summed E-state index contributed by atoms with van der Waals surface area (Å²) >= 11 is 0. The van der Waals surface area contributed by atoms with E-state index in [9.17, 15) is 4.79 Å². The lowest BCUT2D eigenvalue weighted by molar-refractivity contribution is -0.140. The third-order valence-electron chi connectivity index (χ3n) is 1.65. The Balaban J connectivity index is 2.37. The van der Waals surface area contributed by atoms with Crippen LogP contribution in [0.5, 0.6) is 0 Å². The average Bonchev–Trinajstić information content (AvgIpc) is 2.63. The topological polar surface area (TPSA) is 56.8 Å². The Morgan fingerprint density at radius 3 is 3.00 bits per heavy atom. The van der Waals surface area contributed by atoms with Crippen molar-refractivity contribution in [3.63, 3.8) is 0 Å². The molecule has 0 bridgehead atoms. The van der Waals surface area contributed by atoms with Crippen molar-refractivity contribution in [1.29, 1.82) is 0 Å². The van der Waals surface area contributed by atoms with E-state index in [2.05, 4.69) is 5.48 Å². The summed E-state index contributed by atoms with van der Waals surface area (Å²) in [5, 5.41) is 0. The van der Waals surface area contributed by atoms with Gasteiger partial charge >= 0.3 is 5.97 Å². The first-order valence-corrected chi connectivity index (χ1v) is 4.66. The van der Waals surface area contributed by atoms with Gasteiger partial charge in [-0.3, -0.25) is 10.3 Å². The second-order valence-electron chi connectivity index (χ2n) is 2.72. The second kappa shape index (κ2) is 5.62. The van der Waals surface area contributed by atoms with E-state index in [1.54, 1.807) is 13.0 Å². The molecule has 1 atom stereocenters. The first-order chi connectivity index (χ1) is 6.77. The van der Waals surface area contributed by atoms with Gasteiger partial charge in [0.25, 0.3) is 0 Å². The molecule has 1 N–H and O–H groups in total. The minimum Gasteiger partial charge on any atom is -0.461 e. The first-order valence-electron chi connectivity index (χ1n) is 4.66.